The molecule has 0 fully saturated rings. The third-order valence-electron chi connectivity index (χ3n) is 9.90. The van der Waals surface area contributed by atoms with Crippen LogP contribution < -0.4 is 0 Å². The van der Waals surface area contributed by atoms with Crippen LogP contribution in [0.3, 0.4) is 0 Å². The monoisotopic (exact) mass is 662 g/mol. The number of fused-ring (bicyclic) bond motifs is 5. The van der Waals surface area contributed by atoms with Gasteiger partial charge < -0.3 is 0 Å². The van der Waals surface area contributed by atoms with Gasteiger partial charge in [0, 0.05) is 11.1 Å². The number of aliphatic imine (C=N–C) groups is 1. The highest BCUT2D eigenvalue weighted by Crippen LogP contribution is 2.40. The molecule has 2 nitrogen and oxygen atoms in total. The average Bonchev–Trinajstić information content (AvgIpc) is 3.21. The van der Waals surface area contributed by atoms with Gasteiger partial charge >= 0.3 is 0 Å². The van der Waals surface area contributed by atoms with Gasteiger partial charge in [0.15, 0.2) is 5.84 Å². The maximum absolute atomic E-state index is 8.83. The van der Waals surface area contributed by atoms with Crippen molar-refractivity contribution < 1.29 is 0 Å². The summed E-state index contributed by atoms with van der Waals surface area (Å²) in [7, 11) is 0. The summed E-state index contributed by atoms with van der Waals surface area (Å²) in [5, 5.41) is 18.8. The highest BCUT2D eigenvalue weighted by molar-refractivity contribution is 6.21. The quantitative estimate of drug-likeness (QED) is 0.0796. The van der Waals surface area contributed by atoms with Crippen molar-refractivity contribution in [3.63, 3.8) is 0 Å². The third-order valence-corrected chi connectivity index (χ3v) is 9.90. The molecule has 0 radical (unpaired) electrons. The fourth-order valence-electron chi connectivity index (χ4n) is 7.30. The summed E-state index contributed by atoms with van der Waals surface area (Å²) >= 11 is 0. The Morgan fingerprint density at radius 1 is 0.404 bits per heavy atom. The van der Waals surface area contributed by atoms with Crippen LogP contribution in [0.25, 0.3) is 71.4 Å². The van der Waals surface area contributed by atoms with E-state index in [0.717, 1.165) is 33.5 Å². The van der Waals surface area contributed by atoms with Gasteiger partial charge in [-0.3, -0.25) is 5.41 Å². The Balaban J connectivity index is 1.11. The molecule has 52 heavy (non-hydrogen) atoms. The van der Waals surface area contributed by atoms with Crippen LogP contribution in [0.1, 0.15) is 16.7 Å². The van der Waals surface area contributed by atoms with Gasteiger partial charge in [-0.25, -0.2) is 4.99 Å². The van der Waals surface area contributed by atoms with E-state index in [4.69, 9.17) is 10.4 Å². The number of allylic oxidation sites excluding steroid dienone is 1. The van der Waals surface area contributed by atoms with Crippen LogP contribution >= 0.6 is 0 Å². The molecule has 2 heteroatoms. The SMILES string of the molecule is N=C(N=C(/C=C/c1ccc2cc(-c3c4ccccc4cc4c3ccc3ccccc34)ccc2c1)c1cccc(-c2ccccc2)c1)c1ccccc1. The summed E-state index contributed by atoms with van der Waals surface area (Å²) in [4.78, 5) is 4.86. The molecule has 244 valence electrons. The lowest BCUT2D eigenvalue weighted by Crippen LogP contribution is -2.04. The van der Waals surface area contributed by atoms with Crippen molar-refractivity contribution in [2.24, 2.45) is 4.99 Å². The van der Waals surface area contributed by atoms with Crippen LogP contribution in [0, 0.1) is 5.41 Å². The molecule has 9 aromatic rings. The van der Waals surface area contributed by atoms with Gasteiger partial charge in [-0.15, -0.1) is 0 Å². The number of hydrogen-bond acceptors (Lipinski definition) is 1. The molecule has 0 unspecified atom stereocenters. The number of amidine groups is 1. The van der Waals surface area contributed by atoms with E-state index in [2.05, 4.69) is 158 Å². The van der Waals surface area contributed by atoms with Crippen LogP contribution in [0.4, 0.5) is 0 Å². The second-order valence-electron chi connectivity index (χ2n) is 13.2. The van der Waals surface area contributed by atoms with Crippen molar-refractivity contribution in [1.82, 2.24) is 0 Å². The molecule has 0 aliphatic heterocycles. The van der Waals surface area contributed by atoms with Gasteiger partial charge in [0.1, 0.15) is 0 Å². The molecule has 1 N–H and O–H groups in total. The standard InChI is InChI=1S/C50H34N2/c51-50(37-15-5-2-6-16-37)52-48(42-19-11-18-38(31-42)35-12-3-1-4-13-35)29-23-34-22-24-40-32-43(26-25-39(40)30-34)49-45-21-10-8-17-41(45)33-47-44-20-9-7-14-36(44)27-28-46(47)49/h1-33,51H/b29-23+,51-50?,52-48?. The Bertz CT molecular complexity index is 2850. The van der Waals surface area contributed by atoms with Crippen molar-refractivity contribution in [3.8, 4) is 22.3 Å². The van der Waals surface area contributed by atoms with Gasteiger partial charge in [0.05, 0.1) is 5.71 Å². The van der Waals surface area contributed by atoms with E-state index in [0.29, 0.717) is 0 Å². The number of nitrogens with one attached hydrogen (secondary N) is 1. The first-order valence-electron chi connectivity index (χ1n) is 17.6. The summed E-state index contributed by atoms with van der Waals surface area (Å²) in [6.45, 7) is 0. The first-order valence-corrected chi connectivity index (χ1v) is 17.6. The summed E-state index contributed by atoms with van der Waals surface area (Å²) < 4.78 is 0. The van der Waals surface area contributed by atoms with Crippen LogP contribution in [-0.4, -0.2) is 11.5 Å². The fraction of sp³-hybridized carbons (Fsp3) is 0. The van der Waals surface area contributed by atoms with E-state index in [1.807, 2.05) is 42.5 Å². The van der Waals surface area contributed by atoms with Gasteiger partial charge in [0.2, 0.25) is 0 Å². The van der Waals surface area contributed by atoms with E-state index in [9.17, 15) is 0 Å². The Labute approximate surface area is 303 Å². The molecular weight excluding hydrogens is 629 g/mol. The van der Waals surface area contributed by atoms with Gasteiger partial charge in [-0.2, -0.15) is 0 Å². The van der Waals surface area contributed by atoms with E-state index in [-0.39, 0.29) is 5.84 Å². The van der Waals surface area contributed by atoms with E-state index in [1.165, 1.54) is 54.2 Å². The number of hydrogen-bond donors (Lipinski definition) is 1. The summed E-state index contributed by atoms with van der Waals surface area (Å²) in [5.41, 5.74) is 8.27. The maximum atomic E-state index is 8.83. The molecule has 9 aromatic carbocycles. The first kappa shape index (κ1) is 31.1. The normalized spacial score (nSPS) is 12.0. The number of nitrogens with zero attached hydrogens (tertiary/aromatic N) is 1. The first-order chi connectivity index (χ1) is 25.7. The molecular formula is C50H34N2. The number of rotatable bonds is 6. The Morgan fingerprint density at radius 2 is 1.06 bits per heavy atom. The zero-order valence-electron chi connectivity index (χ0n) is 28.5. The Hall–Kier alpha value is -6.90. The molecule has 0 aromatic heterocycles. The lowest BCUT2D eigenvalue weighted by atomic mass is 9.89. The van der Waals surface area contributed by atoms with Gasteiger partial charge in [-0.05, 0) is 101 Å². The molecule has 0 spiro atoms. The van der Waals surface area contributed by atoms with Gasteiger partial charge in [0.25, 0.3) is 0 Å². The van der Waals surface area contributed by atoms with Crippen LogP contribution in [-0.2, 0) is 0 Å². The van der Waals surface area contributed by atoms with E-state index >= 15 is 0 Å². The molecule has 0 saturated carbocycles. The molecule has 0 aliphatic rings. The van der Waals surface area contributed by atoms with Crippen molar-refractivity contribution in [2.75, 3.05) is 0 Å². The summed E-state index contributed by atoms with van der Waals surface area (Å²) in [6, 6.07) is 66.1. The Morgan fingerprint density at radius 3 is 1.90 bits per heavy atom. The van der Waals surface area contributed by atoms with Crippen molar-refractivity contribution >= 4 is 60.7 Å². The molecule has 9 rings (SSSR count). The van der Waals surface area contributed by atoms with Crippen LogP contribution in [0.2, 0.25) is 0 Å². The van der Waals surface area contributed by atoms with Crippen molar-refractivity contribution in [3.05, 3.63) is 211 Å². The van der Waals surface area contributed by atoms with Crippen LogP contribution in [0.15, 0.2) is 199 Å². The Kier molecular flexibility index (Phi) is 8.03. The van der Waals surface area contributed by atoms with Gasteiger partial charge in [-0.1, -0.05) is 170 Å². The van der Waals surface area contributed by atoms with E-state index in [1.54, 1.807) is 0 Å². The molecule has 0 bridgehead atoms. The second kappa shape index (κ2) is 13.4. The average molecular weight is 663 g/mol. The smallest absolute Gasteiger partial charge is 0.152 e. The molecule has 0 aliphatic carbocycles. The van der Waals surface area contributed by atoms with E-state index < -0.39 is 0 Å². The summed E-state index contributed by atoms with van der Waals surface area (Å²) in [5.74, 6) is 0.227. The highest BCUT2D eigenvalue weighted by atomic mass is 14.8. The molecule has 0 amide bonds. The minimum Gasteiger partial charge on any atom is -0.282 e. The zero-order valence-corrected chi connectivity index (χ0v) is 28.5. The lowest BCUT2D eigenvalue weighted by Gasteiger charge is -2.15. The van der Waals surface area contributed by atoms with Crippen molar-refractivity contribution in [2.45, 2.75) is 0 Å². The highest BCUT2D eigenvalue weighted by Gasteiger charge is 2.13. The molecule has 0 heterocycles. The second-order valence-corrected chi connectivity index (χ2v) is 13.2. The molecule has 0 atom stereocenters. The predicted octanol–water partition coefficient (Wildman–Crippen LogP) is 13.2. The predicted molar refractivity (Wildman–Crippen MR) is 223 cm³/mol. The fourth-order valence-corrected chi connectivity index (χ4v) is 7.30. The lowest BCUT2D eigenvalue weighted by molar-refractivity contribution is 1.41. The largest absolute Gasteiger partial charge is 0.282 e. The topological polar surface area (TPSA) is 36.2 Å². The maximum Gasteiger partial charge on any atom is 0.152 e. The van der Waals surface area contributed by atoms with Crippen LogP contribution in [0.5, 0.6) is 0 Å². The third kappa shape index (κ3) is 5.97. The molecule has 0 saturated heterocycles. The minimum atomic E-state index is 0.227. The minimum absolute atomic E-state index is 0.227. The number of benzene rings is 9. The zero-order chi connectivity index (χ0) is 34.9. The van der Waals surface area contributed by atoms with Crippen molar-refractivity contribution in [1.29, 1.82) is 5.41 Å². The summed E-state index contributed by atoms with van der Waals surface area (Å²) in [6.07, 6.45) is 4.13.